The number of benzene rings is 1. The first-order valence-electron chi connectivity index (χ1n) is 6.78. The van der Waals surface area contributed by atoms with Gasteiger partial charge in [-0.25, -0.2) is 0 Å². The summed E-state index contributed by atoms with van der Waals surface area (Å²) in [5.74, 6) is 0.672. The normalized spacial score (nSPS) is 20.9. The zero-order valence-corrected chi connectivity index (χ0v) is 14.9. The summed E-state index contributed by atoms with van der Waals surface area (Å²) in [5, 5.41) is 0.730. The molecule has 1 aliphatic heterocycles. The first-order valence-corrected chi connectivity index (χ1v) is 8.81. The van der Waals surface area contributed by atoms with Crippen LogP contribution in [0.25, 0.3) is 0 Å². The van der Waals surface area contributed by atoms with Crippen LogP contribution in [0.2, 0.25) is 0 Å². The van der Waals surface area contributed by atoms with Gasteiger partial charge in [-0.05, 0) is 24.1 Å². The Hall–Kier alpha value is -0.590. The first-order chi connectivity index (χ1) is 10.1. The molecule has 116 valence electrons. The van der Waals surface area contributed by atoms with E-state index in [1.165, 1.54) is 0 Å². The molecule has 1 aromatic rings. The van der Waals surface area contributed by atoms with E-state index < -0.39 is 0 Å². The fourth-order valence-electron chi connectivity index (χ4n) is 2.22. The van der Waals surface area contributed by atoms with Gasteiger partial charge in [0, 0.05) is 11.8 Å². The summed E-state index contributed by atoms with van der Waals surface area (Å²) in [6.45, 7) is 0.470. The van der Waals surface area contributed by atoms with Crippen molar-refractivity contribution in [2.24, 2.45) is 0 Å². The molecule has 1 aromatic carbocycles. The van der Waals surface area contributed by atoms with Gasteiger partial charge in [0.05, 0.1) is 18.5 Å². The average Bonchev–Trinajstić information content (AvgIpc) is 2.94. The third kappa shape index (κ3) is 4.69. The zero-order valence-electron chi connectivity index (χ0n) is 11.8. The highest BCUT2D eigenvalue weighted by Crippen LogP contribution is 2.26. The van der Waals surface area contributed by atoms with Gasteiger partial charge in [-0.15, -0.1) is 0 Å². The van der Waals surface area contributed by atoms with E-state index in [1.807, 2.05) is 24.3 Å². The summed E-state index contributed by atoms with van der Waals surface area (Å²) >= 11 is 7.03. The van der Waals surface area contributed by atoms with Gasteiger partial charge < -0.3 is 14.2 Å². The van der Waals surface area contributed by atoms with Gasteiger partial charge in [0.15, 0.2) is 0 Å². The number of halogens is 2. The smallest absolute Gasteiger partial charge is 0.306 e. The van der Waals surface area contributed by atoms with Crippen LogP contribution in [-0.4, -0.2) is 35.4 Å². The van der Waals surface area contributed by atoms with E-state index in [0.717, 1.165) is 16.6 Å². The lowest BCUT2D eigenvalue weighted by atomic mass is 10.1. The predicted molar refractivity (Wildman–Crippen MR) is 87.2 cm³/mol. The third-order valence-electron chi connectivity index (χ3n) is 3.39. The molecule has 0 radical (unpaired) electrons. The van der Waals surface area contributed by atoms with E-state index in [0.29, 0.717) is 19.4 Å². The number of cyclic esters (lactones) is 1. The summed E-state index contributed by atoms with van der Waals surface area (Å²) in [7, 11) is 1.64. The summed E-state index contributed by atoms with van der Waals surface area (Å²) in [5.41, 5.74) is 1.05. The Morgan fingerprint density at radius 2 is 2.10 bits per heavy atom. The largest absolute Gasteiger partial charge is 0.497 e. The van der Waals surface area contributed by atoms with Crippen molar-refractivity contribution in [3.05, 3.63) is 29.8 Å². The second-order valence-electron chi connectivity index (χ2n) is 4.86. The number of ether oxygens (including phenoxy) is 3. The molecule has 0 N–H and O–H groups in total. The highest BCUT2D eigenvalue weighted by Gasteiger charge is 2.35. The monoisotopic (exact) mass is 420 g/mol. The van der Waals surface area contributed by atoms with Gasteiger partial charge in [-0.3, -0.25) is 4.79 Å². The molecular weight excluding hydrogens is 404 g/mol. The van der Waals surface area contributed by atoms with Crippen LogP contribution in [0.4, 0.5) is 0 Å². The molecular formula is C15H18Br2O4. The van der Waals surface area contributed by atoms with Crippen molar-refractivity contribution in [3.8, 4) is 5.75 Å². The molecule has 0 spiro atoms. The number of carbonyl (C=O) groups excluding carboxylic acids is 1. The van der Waals surface area contributed by atoms with E-state index in [2.05, 4.69) is 31.9 Å². The minimum absolute atomic E-state index is 0.0895. The van der Waals surface area contributed by atoms with Crippen molar-refractivity contribution in [1.82, 2.24) is 0 Å². The van der Waals surface area contributed by atoms with Crippen molar-refractivity contribution >= 4 is 37.8 Å². The van der Waals surface area contributed by atoms with Crippen LogP contribution in [-0.2, 0) is 20.9 Å². The molecule has 0 aromatic heterocycles. The van der Waals surface area contributed by atoms with Crippen LogP contribution in [0.1, 0.15) is 18.4 Å². The SMILES string of the molecule is COc1ccc(CO[C@@H](C(Br)CBr)[C@@H]2CCC(=O)O2)cc1. The van der Waals surface area contributed by atoms with Gasteiger partial charge in [0.2, 0.25) is 0 Å². The quantitative estimate of drug-likeness (QED) is 0.499. The Balaban J connectivity index is 1.96. The maximum atomic E-state index is 11.3. The molecule has 0 amide bonds. The van der Waals surface area contributed by atoms with Crippen LogP contribution in [0.15, 0.2) is 24.3 Å². The van der Waals surface area contributed by atoms with Crippen LogP contribution in [0.5, 0.6) is 5.75 Å². The molecule has 3 atom stereocenters. The second kappa shape index (κ2) is 8.15. The van der Waals surface area contributed by atoms with Crippen LogP contribution >= 0.6 is 31.9 Å². The minimum atomic E-state index is -0.183. The van der Waals surface area contributed by atoms with E-state index in [1.54, 1.807) is 7.11 Å². The van der Waals surface area contributed by atoms with Crippen molar-refractivity contribution in [2.45, 2.75) is 36.5 Å². The predicted octanol–water partition coefficient (Wildman–Crippen LogP) is 3.44. The van der Waals surface area contributed by atoms with E-state index in [-0.39, 0.29) is 23.0 Å². The standard InChI is InChI=1S/C15H18Br2O4/c1-19-11-4-2-10(3-5-11)9-20-15(12(17)8-16)13-6-7-14(18)21-13/h2-5,12-13,15H,6-9H2,1H3/t12?,13-,15-/m0/s1. The Kier molecular flexibility index (Phi) is 6.51. The molecule has 6 heteroatoms. The first kappa shape index (κ1) is 16.8. The molecule has 0 aliphatic carbocycles. The molecule has 21 heavy (non-hydrogen) atoms. The zero-order chi connectivity index (χ0) is 15.2. The molecule has 0 saturated carbocycles. The van der Waals surface area contributed by atoms with Gasteiger partial charge in [-0.2, -0.15) is 0 Å². The molecule has 1 aliphatic rings. The maximum absolute atomic E-state index is 11.3. The average molecular weight is 422 g/mol. The van der Waals surface area contributed by atoms with Crippen molar-refractivity contribution in [1.29, 1.82) is 0 Å². The molecule has 0 bridgehead atoms. The lowest BCUT2D eigenvalue weighted by molar-refractivity contribution is -0.147. The van der Waals surface area contributed by atoms with Crippen LogP contribution in [0, 0.1) is 0 Å². The van der Waals surface area contributed by atoms with Crippen molar-refractivity contribution < 1.29 is 19.0 Å². The maximum Gasteiger partial charge on any atom is 0.306 e. The van der Waals surface area contributed by atoms with Crippen molar-refractivity contribution in [3.63, 3.8) is 0 Å². The summed E-state index contributed by atoms with van der Waals surface area (Å²) in [6.07, 6.45) is 0.826. The van der Waals surface area contributed by atoms with Crippen LogP contribution in [0.3, 0.4) is 0 Å². The molecule has 2 rings (SSSR count). The number of hydrogen-bond acceptors (Lipinski definition) is 4. The number of esters is 1. The number of alkyl halides is 2. The Bertz CT molecular complexity index is 463. The van der Waals surface area contributed by atoms with Crippen molar-refractivity contribution in [2.75, 3.05) is 12.4 Å². The topological polar surface area (TPSA) is 44.8 Å². The minimum Gasteiger partial charge on any atom is -0.497 e. The number of rotatable bonds is 7. The highest BCUT2D eigenvalue weighted by atomic mass is 79.9. The highest BCUT2D eigenvalue weighted by molar-refractivity contribution is 9.12. The molecule has 1 saturated heterocycles. The molecule has 1 heterocycles. The summed E-state index contributed by atoms with van der Waals surface area (Å²) < 4.78 is 16.5. The number of carbonyl (C=O) groups is 1. The van der Waals surface area contributed by atoms with Crippen LogP contribution < -0.4 is 4.74 Å². The van der Waals surface area contributed by atoms with Gasteiger partial charge in [0.1, 0.15) is 18.0 Å². The van der Waals surface area contributed by atoms with Gasteiger partial charge >= 0.3 is 5.97 Å². The fraction of sp³-hybridized carbons (Fsp3) is 0.533. The molecule has 4 nitrogen and oxygen atoms in total. The number of methoxy groups -OCH3 is 1. The van der Waals surface area contributed by atoms with Gasteiger partial charge in [0.25, 0.3) is 0 Å². The third-order valence-corrected chi connectivity index (χ3v) is 5.80. The molecule has 1 fully saturated rings. The van der Waals surface area contributed by atoms with E-state index >= 15 is 0 Å². The van der Waals surface area contributed by atoms with E-state index in [4.69, 9.17) is 14.2 Å². The Morgan fingerprint density at radius 3 is 2.62 bits per heavy atom. The lowest BCUT2D eigenvalue weighted by Crippen LogP contribution is -2.37. The Morgan fingerprint density at radius 1 is 1.38 bits per heavy atom. The molecule has 1 unspecified atom stereocenters. The van der Waals surface area contributed by atoms with E-state index in [9.17, 15) is 4.79 Å². The fourth-order valence-corrected chi connectivity index (χ4v) is 3.09. The second-order valence-corrected chi connectivity index (χ2v) is 6.68. The number of hydrogen-bond donors (Lipinski definition) is 0. The Labute approximate surface area is 141 Å². The lowest BCUT2D eigenvalue weighted by Gasteiger charge is -2.26. The summed E-state index contributed by atoms with van der Waals surface area (Å²) in [4.78, 5) is 11.4. The summed E-state index contributed by atoms with van der Waals surface area (Å²) in [6, 6.07) is 7.74. The van der Waals surface area contributed by atoms with Gasteiger partial charge in [-0.1, -0.05) is 44.0 Å².